The highest BCUT2D eigenvalue weighted by Crippen LogP contribution is 2.42. The van der Waals surface area contributed by atoms with Gasteiger partial charge in [0.2, 0.25) is 5.78 Å². The average Bonchev–Trinajstić information content (AvgIpc) is 3.13. The first-order valence-electron chi connectivity index (χ1n) is 11.2. The highest BCUT2D eigenvalue weighted by atomic mass is 35.5. The summed E-state index contributed by atoms with van der Waals surface area (Å²) in [7, 11) is 0. The van der Waals surface area contributed by atoms with E-state index in [2.05, 4.69) is 9.80 Å². The summed E-state index contributed by atoms with van der Waals surface area (Å²) in [5.74, 6) is -0.0235. The maximum absolute atomic E-state index is 13.6. The fourth-order valence-electron chi connectivity index (χ4n) is 4.54. The first-order chi connectivity index (χ1) is 16.4. The smallest absolute Gasteiger partial charge is 0.232 e. The number of phenolic OH excluding ortho intramolecular Hbond substituents is 1. The molecule has 2 aliphatic heterocycles. The first kappa shape index (κ1) is 22.4. The Labute approximate surface area is 202 Å². The Hall–Kier alpha value is -3.35. The number of aromatic hydroxyl groups is 1. The van der Waals surface area contributed by atoms with E-state index in [1.54, 1.807) is 25.1 Å². The molecule has 2 heterocycles. The van der Waals surface area contributed by atoms with Crippen LogP contribution in [0, 0.1) is 12.7 Å². The highest BCUT2D eigenvalue weighted by Gasteiger charge is 2.34. The number of aryl methyl sites for hydroxylation is 1. The second-order valence-electron chi connectivity index (χ2n) is 8.63. The molecule has 1 N–H and O–H groups in total. The molecule has 0 radical (unpaired) electrons. The van der Waals surface area contributed by atoms with Crippen LogP contribution in [-0.2, 0) is 6.54 Å². The summed E-state index contributed by atoms with van der Waals surface area (Å²) in [6.07, 6.45) is 1.54. The van der Waals surface area contributed by atoms with Gasteiger partial charge in [0.05, 0.1) is 11.1 Å². The number of hydrogen-bond donors (Lipinski definition) is 1. The number of carbonyl (C=O) groups excluding carboxylic acids is 1. The van der Waals surface area contributed by atoms with Gasteiger partial charge in [-0.05, 0) is 60.5 Å². The quantitative estimate of drug-likeness (QED) is 0.507. The lowest BCUT2D eigenvalue weighted by atomic mass is 9.99. The Morgan fingerprint density at radius 3 is 2.59 bits per heavy atom. The van der Waals surface area contributed by atoms with Crippen molar-refractivity contribution in [1.29, 1.82) is 0 Å². The lowest BCUT2D eigenvalue weighted by molar-refractivity contribution is 0.101. The van der Waals surface area contributed by atoms with Crippen LogP contribution in [0.3, 0.4) is 0 Å². The molecule has 2 aliphatic rings. The number of ether oxygens (including phenoxy) is 1. The zero-order valence-electron chi connectivity index (χ0n) is 18.7. The van der Waals surface area contributed by atoms with E-state index in [1.807, 2.05) is 24.3 Å². The molecule has 34 heavy (non-hydrogen) atoms. The van der Waals surface area contributed by atoms with Crippen molar-refractivity contribution in [2.24, 2.45) is 0 Å². The van der Waals surface area contributed by atoms with E-state index < -0.39 is 0 Å². The molecular formula is C27H24ClFN2O3. The summed E-state index contributed by atoms with van der Waals surface area (Å²) in [5, 5.41) is 11.4. The van der Waals surface area contributed by atoms with E-state index in [4.69, 9.17) is 16.3 Å². The maximum Gasteiger partial charge on any atom is 0.232 e. The van der Waals surface area contributed by atoms with Crippen molar-refractivity contribution in [1.82, 2.24) is 4.90 Å². The van der Waals surface area contributed by atoms with E-state index in [-0.39, 0.29) is 23.1 Å². The van der Waals surface area contributed by atoms with Crippen LogP contribution in [0.2, 0.25) is 5.02 Å². The van der Waals surface area contributed by atoms with E-state index in [0.717, 1.165) is 31.9 Å². The molecule has 5 nitrogen and oxygen atoms in total. The van der Waals surface area contributed by atoms with Crippen LogP contribution < -0.4 is 9.64 Å². The van der Waals surface area contributed by atoms with Crippen LogP contribution in [0.4, 0.5) is 10.1 Å². The summed E-state index contributed by atoms with van der Waals surface area (Å²) >= 11 is 6.14. The number of nitrogens with zero attached hydrogens (tertiary/aromatic N) is 2. The summed E-state index contributed by atoms with van der Waals surface area (Å²) in [5.41, 5.74) is 3.32. The number of allylic oxidation sites excluding steroid dienone is 1. The molecule has 0 spiro atoms. The molecule has 3 aromatic rings. The molecular weight excluding hydrogens is 455 g/mol. The molecule has 0 bridgehead atoms. The molecule has 1 saturated heterocycles. The zero-order chi connectivity index (χ0) is 23.8. The van der Waals surface area contributed by atoms with Crippen LogP contribution >= 0.6 is 11.6 Å². The van der Waals surface area contributed by atoms with Crippen molar-refractivity contribution in [2.75, 3.05) is 31.1 Å². The lowest BCUT2D eigenvalue weighted by Crippen LogP contribution is -2.46. The number of fused-ring (bicyclic) bond motifs is 1. The number of benzene rings is 3. The number of anilines is 1. The summed E-state index contributed by atoms with van der Waals surface area (Å²) in [6.45, 7) is 5.44. The minimum Gasteiger partial charge on any atom is -0.507 e. The van der Waals surface area contributed by atoms with Crippen molar-refractivity contribution in [2.45, 2.75) is 13.5 Å². The highest BCUT2D eigenvalue weighted by molar-refractivity contribution is 6.30. The fraction of sp³-hybridized carbons (Fsp3) is 0.222. The van der Waals surface area contributed by atoms with Gasteiger partial charge in [-0.3, -0.25) is 9.69 Å². The predicted molar refractivity (Wildman–Crippen MR) is 131 cm³/mol. The van der Waals surface area contributed by atoms with Crippen molar-refractivity contribution >= 4 is 29.1 Å². The molecule has 174 valence electrons. The summed E-state index contributed by atoms with van der Waals surface area (Å²) < 4.78 is 19.6. The van der Waals surface area contributed by atoms with E-state index in [0.29, 0.717) is 39.6 Å². The molecule has 5 rings (SSSR count). The van der Waals surface area contributed by atoms with E-state index in [1.165, 1.54) is 18.2 Å². The van der Waals surface area contributed by atoms with Gasteiger partial charge in [0, 0.05) is 43.4 Å². The van der Waals surface area contributed by atoms with Gasteiger partial charge in [-0.2, -0.15) is 0 Å². The number of Topliss-reactive ketones (excluding diaryl/α,β-unsaturated/α-hetero) is 1. The minimum atomic E-state index is -0.385. The third-order valence-electron chi connectivity index (χ3n) is 6.29. The first-order valence-corrected chi connectivity index (χ1v) is 11.5. The summed E-state index contributed by atoms with van der Waals surface area (Å²) in [4.78, 5) is 17.6. The van der Waals surface area contributed by atoms with Crippen LogP contribution in [0.25, 0.3) is 6.08 Å². The van der Waals surface area contributed by atoms with Crippen LogP contribution in [0.5, 0.6) is 11.5 Å². The van der Waals surface area contributed by atoms with Crippen molar-refractivity contribution < 1.29 is 19.0 Å². The van der Waals surface area contributed by atoms with Gasteiger partial charge in [0.1, 0.15) is 17.3 Å². The predicted octanol–water partition coefficient (Wildman–Crippen LogP) is 5.43. The number of phenols is 1. The van der Waals surface area contributed by atoms with Gasteiger partial charge < -0.3 is 14.7 Å². The normalized spacial score (nSPS) is 17.2. The Morgan fingerprint density at radius 1 is 1.09 bits per heavy atom. The van der Waals surface area contributed by atoms with Crippen LogP contribution in [0.1, 0.15) is 27.0 Å². The largest absolute Gasteiger partial charge is 0.507 e. The zero-order valence-corrected chi connectivity index (χ0v) is 19.5. The SMILES string of the molecule is Cc1cc(O)c(CN2CCN(c3cccc(Cl)c3)CC2)c2c1C(=O)/C(=C/c1cccc(F)c1)O2. The molecule has 1 fully saturated rings. The second-order valence-corrected chi connectivity index (χ2v) is 9.07. The minimum absolute atomic E-state index is 0.105. The molecule has 0 aliphatic carbocycles. The Bertz CT molecular complexity index is 1300. The topological polar surface area (TPSA) is 53.0 Å². The van der Waals surface area contributed by atoms with Gasteiger partial charge >= 0.3 is 0 Å². The Morgan fingerprint density at radius 2 is 1.85 bits per heavy atom. The molecule has 0 unspecified atom stereocenters. The Balaban J connectivity index is 1.36. The molecule has 0 saturated carbocycles. The number of piperazine rings is 1. The average molecular weight is 479 g/mol. The van der Waals surface area contributed by atoms with Gasteiger partial charge in [-0.25, -0.2) is 4.39 Å². The van der Waals surface area contributed by atoms with Crippen molar-refractivity contribution in [3.63, 3.8) is 0 Å². The lowest BCUT2D eigenvalue weighted by Gasteiger charge is -2.36. The molecule has 7 heteroatoms. The van der Waals surface area contributed by atoms with Gasteiger partial charge in [-0.15, -0.1) is 0 Å². The number of rotatable bonds is 4. The Kier molecular flexibility index (Phi) is 6.02. The van der Waals surface area contributed by atoms with Gasteiger partial charge in [0.15, 0.2) is 5.76 Å². The van der Waals surface area contributed by atoms with Crippen LogP contribution in [0.15, 0.2) is 60.4 Å². The van der Waals surface area contributed by atoms with Crippen molar-refractivity contribution in [3.8, 4) is 11.5 Å². The maximum atomic E-state index is 13.6. The molecule has 3 aromatic carbocycles. The van der Waals surface area contributed by atoms with Gasteiger partial charge in [-0.1, -0.05) is 29.8 Å². The third-order valence-corrected chi connectivity index (χ3v) is 6.53. The monoisotopic (exact) mass is 478 g/mol. The van der Waals surface area contributed by atoms with Crippen molar-refractivity contribution in [3.05, 3.63) is 93.5 Å². The van der Waals surface area contributed by atoms with Crippen LogP contribution in [-0.4, -0.2) is 42.0 Å². The number of carbonyl (C=O) groups is 1. The number of halogens is 2. The molecule has 0 amide bonds. The standard InChI is InChI=1S/C27H24ClFN2O3/c1-17-12-23(32)22(16-30-8-10-31(11-9-30)21-7-3-5-19(28)15-21)27-25(17)26(33)24(34-27)14-18-4-2-6-20(29)13-18/h2-7,12-15,32H,8-11,16H2,1H3/b24-14-. The number of ketones is 1. The summed E-state index contributed by atoms with van der Waals surface area (Å²) in [6, 6.07) is 15.4. The molecule has 0 aromatic heterocycles. The molecule has 0 atom stereocenters. The van der Waals surface area contributed by atoms with Gasteiger partial charge in [0.25, 0.3) is 0 Å². The van der Waals surface area contributed by atoms with E-state index in [9.17, 15) is 14.3 Å². The fourth-order valence-corrected chi connectivity index (χ4v) is 4.73. The number of hydrogen-bond acceptors (Lipinski definition) is 5. The third kappa shape index (κ3) is 4.39. The van der Waals surface area contributed by atoms with E-state index >= 15 is 0 Å². The second kappa shape index (κ2) is 9.12.